The van der Waals surface area contributed by atoms with Gasteiger partial charge in [0.2, 0.25) is 0 Å². The predicted molar refractivity (Wildman–Crippen MR) is 112 cm³/mol. The maximum atomic E-state index is 12.9. The van der Waals surface area contributed by atoms with Crippen LogP contribution in [0.15, 0.2) is 24.3 Å². The number of rotatable bonds is 4. The standard InChI is InChI=1S/C16H23I2N3O3/c1-10(2)16(18,20-14(23)24-15(3,4)5)13(22)21(19)12-8-6-7-11(17)9-12/h6-10H,19H2,1-5H3,(H,20,23)/t16-/m1/s1. The van der Waals surface area contributed by atoms with E-state index in [9.17, 15) is 9.59 Å². The summed E-state index contributed by atoms with van der Waals surface area (Å²) in [5, 5.41) is 3.73. The van der Waals surface area contributed by atoms with Gasteiger partial charge in [-0.05, 0) is 90.1 Å². The van der Waals surface area contributed by atoms with Crippen LogP contribution >= 0.6 is 45.2 Å². The van der Waals surface area contributed by atoms with Crippen LogP contribution in [0.3, 0.4) is 0 Å². The zero-order valence-electron chi connectivity index (χ0n) is 14.4. The Labute approximate surface area is 170 Å². The minimum atomic E-state index is -1.23. The van der Waals surface area contributed by atoms with E-state index in [2.05, 4.69) is 27.9 Å². The topological polar surface area (TPSA) is 84.7 Å². The summed E-state index contributed by atoms with van der Waals surface area (Å²) >= 11 is 4.07. The molecule has 2 amide bonds. The van der Waals surface area contributed by atoms with Gasteiger partial charge in [0.15, 0.2) is 3.55 Å². The van der Waals surface area contributed by atoms with Gasteiger partial charge >= 0.3 is 6.09 Å². The lowest BCUT2D eigenvalue weighted by Crippen LogP contribution is -2.61. The molecule has 0 spiro atoms. The fourth-order valence-electron chi connectivity index (χ4n) is 1.82. The van der Waals surface area contributed by atoms with Gasteiger partial charge in [0.05, 0.1) is 5.69 Å². The largest absolute Gasteiger partial charge is 0.444 e. The van der Waals surface area contributed by atoms with E-state index in [-0.39, 0.29) is 5.92 Å². The number of nitrogens with zero attached hydrogens (tertiary/aromatic N) is 1. The SMILES string of the molecule is CC(C)[C@@](I)(NC(=O)OC(C)(C)C)C(=O)N(N)c1cccc(I)c1. The first-order chi connectivity index (χ1) is 10.9. The van der Waals surface area contributed by atoms with Gasteiger partial charge < -0.3 is 4.74 Å². The first-order valence-corrected chi connectivity index (χ1v) is 9.57. The predicted octanol–water partition coefficient (Wildman–Crippen LogP) is 3.81. The van der Waals surface area contributed by atoms with Gasteiger partial charge in [-0.3, -0.25) is 10.1 Å². The Morgan fingerprint density at radius 3 is 2.33 bits per heavy atom. The van der Waals surface area contributed by atoms with Crippen molar-refractivity contribution in [1.29, 1.82) is 0 Å². The molecule has 1 aromatic rings. The zero-order valence-corrected chi connectivity index (χ0v) is 18.7. The van der Waals surface area contributed by atoms with Crippen LogP contribution in [-0.4, -0.2) is 21.1 Å². The molecule has 1 aromatic carbocycles. The van der Waals surface area contributed by atoms with Crippen molar-refractivity contribution in [3.63, 3.8) is 0 Å². The molecule has 0 aliphatic rings. The smallest absolute Gasteiger partial charge is 0.409 e. The van der Waals surface area contributed by atoms with Crippen LogP contribution in [0.4, 0.5) is 10.5 Å². The van der Waals surface area contributed by atoms with E-state index in [4.69, 9.17) is 10.6 Å². The fraction of sp³-hybridized carbons (Fsp3) is 0.500. The molecule has 1 rings (SSSR count). The Morgan fingerprint density at radius 2 is 1.88 bits per heavy atom. The summed E-state index contributed by atoms with van der Waals surface area (Å²) in [6, 6.07) is 7.26. The molecule has 1 atom stereocenters. The number of alkyl halides is 1. The average Bonchev–Trinajstić information content (AvgIpc) is 2.43. The van der Waals surface area contributed by atoms with Gasteiger partial charge in [-0.25, -0.2) is 15.6 Å². The molecule has 3 N–H and O–H groups in total. The van der Waals surface area contributed by atoms with Crippen molar-refractivity contribution < 1.29 is 14.3 Å². The zero-order chi connectivity index (χ0) is 18.7. The average molecular weight is 559 g/mol. The molecule has 0 aliphatic carbocycles. The molecular formula is C16H23I2N3O3. The minimum absolute atomic E-state index is 0.202. The highest BCUT2D eigenvalue weighted by molar-refractivity contribution is 14.1. The van der Waals surface area contributed by atoms with Gasteiger partial charge in [-0.15, -0.1) is 0 Å². The number of ether oxygens (including phenoxy) is 1. The third-order valence-corrected chi connectivity index (χ3v) is 5.74. The Morgan fingerprint density at radius 1 is 1.29 bits per heavy atom. The second kappa shape index (κ2) is 8.17. The number of hydrazine groups is 1. The van der Waals surface area contributed by atoms with Crippen LogP contribution in [0.1, 0.15) is 34.6 Å². The Hall–Kier alpha value is -0.620. The molecule has 0 radical (unpaired) electrons. The van der Waals surface area contributed by atoms with Crippen LogP contribution in [-0.2, 0) is 9.53 Å². The number of halogens is 2. The molecule has 6 nitrogen and oxygen atoms in total. The van der Waals surface area contributed by atoms with E-state index in [1.165, 1.54) is 0 Å². The molecule has 0 aliphatic heterocycles. The number of amides is 2. The van der Waals surface area contributed by atoms with E-state index in [1.807, 2.05) is 48.6 Å². The molecule has 0 unspecified atom stereocenters. The number of alkyl carbamates (subject to hydrolysis) is 1. The number of nitrogens with two attached hydrogens (primary N) is 1. The van der Waals surface area contributed by atoms with Crippen molar-refractivity contribution in [2.45, 2.75) is 43.8 Å². The molecule has 0 aromatic heterocycles. The number of carbonyl (C=O) groups is 2. The monoisotopic (exact) mass is 559 g/mol. The van der Waals surface area contributed by atoms with E-state index in [0.29, 0.717) is 5.69 Å². The number of hydrogen-bond donors (Lipinski definition) is 2. The molecule has 0 fully saturated rings. The van der Waals surface area contributed by atoms with Gasteiger partial charge in [-0.2, -0.15) is 0 Å². The number of benzene rings is 1. The van der Waals surface area contributed by atoms with E-state index < -0.39 is 21.1 Å². The van der Waals surface area contributed by atoms with Crippen molar-refractivity contribution in [3.8, 4) is 0 Å². The maximum absolute atomic E-state index is 12.9. The first-order valence-electron chi connectivity index (χ1n) is 7.41. The summed E-state index contributed by atoms with van der Waals surface area (Å²) in [6.45, 7) is 8.97. The lowest BCUT2D eigenvalue weighted by Gasteiger charge is -2.35. The molecule has 0 heterocycles. The summed E-state index contributed by atoms with van der Waals surface area (Å²) in [7, 11) is 0. The van der Waals surface area contributed by atoms with Crippen molar-refractivity contribution in [3.05, 3.63) is 27.8 Å². The molecule has 8 heteroatoms. The molecule has 24 heavy (non-hydrogen) atoms. The quantitative estimate of drug-likeness (QED) is 0.147. The normalized spacial score (nSPS) is 14.0. The summed E-state index contributed by atoms with van der Waals surface area (Å²) in [5.41, 5.74) is -0.0980. The van der Waals surface area contributed by atoms with Crippen LogP contribution in [0.2, 0.25) is 0 Å². The highest BCUT2D eigenvalue weighted by Crippen LogP contribution is 2.30. The van der Waals surface area contributed by atoms with Crippen molar-refractivity contribution in [2.75, 3.05) is 5.01 Å². The van der Waals surface area contributed by atoms with Crippen LogP contribution in [0, 0.1) is 9.49 Å². The molecule has 0 bridgehead atoms. The summed E-state index contributed by atoms with van der Waals surface area (Å²) in [4.78, 5) is 25.1. The van der Waals surface area contributed by atoms with Crippen LogP contribution in [0.5, 0.6) is 0 Å². The van der Waals surface area contributed by atoms with Crippen LogP contribution in [0.25, 0.3) is 0 Å². The highest BCUT2D eigenvalue weighted by Gasteiger charge is 2.44. The number of nitrogens with one attached hydrogen (secondary N) is 1. The van der Waals surface area contributed by atoms with Gasteiger partial charge in [-0.1, -0.05) is 19.9 Å². The molecular weight excluding hydrogens is 536 g/mol. The van der Waals surface area contributed by atoms with Gasteiger partial charge in [0.25, 0.3) is 5.91 Å². The highest BCUT2D eigenvalue weighted by atomic mass is 127. The Kier molecular flexibility index (Phi) is 7.29. The van der Waals surface area contributed by atoms with Crippen molar-refractivity contribution in [1.82, 2.24) is 5.32 Å². The number of anilines is 1. The van der Waals surface area contributed by atoms with Gasteiger partial charge in [0.1, 0.15) is 5.60 Å². The molecule has 0 saturated carbocycles. The minimum Gasteiger partial charge on any atom is -0.444 e. The Bertz CT molecular complexity index is 617. The summed E-state index contributed by atoms with van der Waals surface area (Å²) in [6.07, 6.45) is -0.657. The summed E-state index contributed by atoms with van der Waals surface area (Å²) < 4.78 is 5.00. The van der Waals surface area contributed by atoms with E-state index in [0.717, 1.165) is 8.58 Å². The summed E-state index contributed by atoms with van der Waals surface area (Å²) in [5.74, 6) is 5.39. The lowest BCUT2D eigenvalue weighted by molar-refractivity contribution is -0.122. The van der Waals surface area contributed by atoms with Crippen LogP contribution < -0.4 is 16.2 Å². The maximum Gasteiger partial charge on any atom is 0.409 e. The second-order valence-electron chi connectivity index (χ2n) is 6.65. The number of carbonyl (C=O) groups excluding carboxylic acids is 2. The first kappa shape index (κ1) is 21.4. The third kappa shape index (κ3) is 5.73. The van der Waals surface area contributed by atoms with Gasteiger partial charge in [0, 0.05) is 3.57 Å². The van der Waals surface area contributed by atoms with E-state index in [1.54, 1.807) is 32.9 Å². The third-order valence-electron chi connectivity index (χ3n) is 3.09. The second-order valence-corrected chi connectivity index (χ2v) is 9.60. The Balaban J connectivity index is 3.05. The molecule has 0 saturated heterocycles. The fourth-order valence-corrected chi connectivity index (χ4v) is 2.82. The van der Waals surface area contributed by atoms with Crippen molar-refractivity contribution >= 4 is 62.9 Å². The molecule has 134 valence electrons. The number of hydrogen-bond acceptors (Lipinski definition) is 4. The lowest BCUT2D eigenvalue weighted by atomic mass is 10.0. The van der Waals surface area contributed by atoms with Crippen molar-refractivity contribution in [2.24, 2.45) is 11.8 Å². The van der Waals surface area contributed by atoms with E-state index >= 15 is 0 Å².